The monoisotopic (exact) mass is 480 g/mol. The lowest BCUT2D eigenvalue weighted by Crippen LogP contribution is -2.55. The molecule has 0 saturated carbocycles. The molecule has 2 aromatic heterocycles. The van der Waals surface area contributed by atoms with Crippen LogP contribution in [0.3, 0.4) is 0 Å². The zero-order valence-electron chi connectivity index (χ0n) is 20.2. The van der Waals surface area contributed by atoms with Gasteiger partial charge in [-0.05, 0) is 29.8 Å². The van der Waals surface area contributed by atoms with E-state index in [0.717, 1.165) is 28.0 Å². The van der Waals surface area contributed by atoms with Crippen molar-refractivity contribution in [3.05, 3.63) is 84.6 Å². The molecule has 1 fully saturated rings. The Kier molecular flexibility index (Phi) is 6.84. The van der Waals surface area contributed by atoms with Crippen molar-refractivity contribution >= 4 is 28.5 Å². The Hall–Kier alpha value is -4.33. The van der Waals surface area contributed by atoms with Gasteiger partial charge in [0.15, 0.2) is 5.82 Å². The van der Waals surface area contributed by atoms with E-state index >= 15 is 0 Å². The summed E-state index contributed by atoms with van der Waals surface area (Å²) >= 11 is 0. The lowest BCUT2D eigenvalue weighted by Gasteiger charge is -2.37. The molecule has 1 N–H and O–H groups in total. The zero-order chi connectivity index (χ0) is 24.9. The van der Waals surface area contributed by atoms with E-state index in [1.165, 1.54) is 6.92 Å². The highest BCUT2D eigenvalue weighted by molar-refractivity contribution is 5.91. The second kappa shape index (κ2) is 10.5. The van der Waals surface area contributed by atoms with Crippen molar-refractivity contribution < 1.29 is 9.59 Å². The van der Waals surface area contributed by atoms with E-state index in [4.69, 9.17) is 9.97 Å². The van der Waals surface area contributed by atoms with Crippen LogP contribution in [-0.2, 0) is 16.0 Å². The average Bonchev–Trinajstić information content (AvgIpc) is 2.92. The predicted octanol–water partition coefficient (Wildman–Crippen LogP) is 3.09. The summed E-state index contributed by atoms with van der Waals surface area (Å²) in [5.41, 5.74) is 2.59. The van der Waals surface area contributed by atoms with Crippen LogP contribution in [0.25, 0.3) is 22.4 Å². The van der Waals surface area contributed by atoms with E-state index in [0.29, 0.717) is 38.4 Å². The van der Waals surface area contributed by atoms with Gasteiger partial charge in [0, 0.05) is 51.1 Å². The Morgan fingerprint density at radius 2 is 1.61 bits per heavy atom. The van der Waals surface area contributed by atoms with Crippen molar-refractivity contribution in [2.45, 2.75) is 19.4 Å². The van der Waals surface area contributed by atoms with Crippen LogP contribution >= 0.6 is 0 Å². The Morgan fingerprint density at radius 3 is 2.33 bits per heavy atom. The van der Waals surface area contributed by atoms with Gasteiger partial charge < -0.3 is 15.1 Å². The number of carbonyl (C=O) groups excluding carboxylic acids is 2. The first-order chi connectivity index (χ1) is 17.6. The molecule has 4 aromatic rings. The highest BCUT2D eigenvalue weighted by atomic mass is 16.2. The number of nitrogens with one attached hydrogen (secondary N) is 1. The van der Waals surface area contributed by atoms with Gasteiger partial charge in [-0.25, -0.2) is 9.97 Å². The van der Waals surface area contributed by atoms with Gasteiger partial charge in [-0.2, -0.15) is 0 Å². The molecule has 5 rings (SSSR count). The van der Waals surface area contributed by atoms with Gasteiger partial charge in [0.2, 0.25) is 11.8 Å². The molecular formula is C28H28N6O2. The third kappa shape index (κ3) is 5.17. The fourth-order valence-corrected chi connectivity index (χ4v) is 4.56. The summed E-state index contributed by atoms with van der Waals surface area (Å²) in [7, 11) is 0. The van der Waals surface area contributed by atoms with Crippen LogP contribution in [0.15, 0.2) is 79.0 Å². The average molecular weight is 481 g/mol. The van der Waals surface area contributed by atoms with Crippen LogP contribution < -0.4 is 10.2 Å². The normalized spacial score (nSPS) is 14.5. The molecule has 0 bridgehead atoms. The SMILES string of the molecule is CC(=O)NC(Cc1ccccc1)C(=O)N1CCN(c2nc(-c3ccccn3)nc3ccccc23)CC1. The van der Waals surface area contributed by atoms with Crippen LogP contribution in [0.1, 0.15) is 12.5 Å². The largest absolute Gasteiger partial charge is 0.352 e. The highest BCUT2D eigenvalue weighted by Crippen LogP contribution is 2.27. The molecule has 0 radical (unpaired) electrons. The van der Waals surface area contributed by atoms with Crippen LogP contribution in [0, 0.1) is 0 Å². The number of anilines is 1. The van der Waals surface area contributed by atoms with Crippen molar-refractivity contribution in [1.29, 1.82) is 0 Å². The summed E-state index contributed by atoms with van der Waals surface area (Å²) in [6.07, 6.45) is 2.20. The Labute approximate surface area is 210 Å². The van der Waals surface area contributed by atoms with Gasteiger partial charge in [-0.15, -0.1) is 0 Å². The molecule has 1 saturated heterocycles. The number of amides is 2. The summed E-state index contributed by atoms with van der Waals surface area (Å²) in [5.74, 6) is 1.15. The molecule has 0 aliphatic carbocycles. The van der Waals surface area contributed by atoms with Crippen LogP contribution in [0.5, 0.6) is 0 Å². The molecule has 1 aliphatic rings. The number of pyridine rings is 1. The minimum atomic E-state index is -0.591. The van der Waals surface area contributed by atoms with Crippen molar-refractivity contribution in [2.24, 2.45) is 0 Å². The quantitative estimate of drug-likeness (QED) is 0.456. The fourth-order valence-electron chi connectivity index (χ4n) is 4.56. The minimum Gasteiger partial charge on any atom is -0.352 e. The number of hydrogen-bond donors (Lipinski definition) is 1. The molecular weight excluding hydrogens is 452 g/mol. The van der Waals surface area contributed by atoms with Gasteiger partial charge in [0.1, 0.15) is 17.6 Å². The summed E-state index contributed by atoms with van der Waals surface area (Å²) < 4.78 is 0. The molecule has 8 nitrogen and oxygen atoms in total. The van der Waals surface area contributed by atoms with Gasteiger partial charge in [0.25, 0.3) is 0 Å². The van der Waals surface area contributed by atoms with Crippen molar-refractivity contribution in [3.8, 4) is 11.5 Å². The topological polar surface area (TPSA) is 91.3 Å². The lowest BCUT2D eigenvalue weighted by atomic mass is 10.0. The maximum Gasteiger partial charge on any atom is 0.245 e. The molecule has 8 heteroatoms. The molecule has 182 valence electrons. The number of aromatic nitrogens is 3. The van der Waals surface area contributed by atoms with E-state index < -0.39 is 6.04 Å². The number of carbonyl (C=O) groups is 2. The molecule has 36 heavy (non-hydrogen) atoms. The Bertz CT molecular complexity index is 1350. The number of para-hydroxylation sites is 1. The molecule has 0 spiro atoms. The first-order valence-electron chi connectivity index (χ1n) is 12.1. The first-order valence-corrected chi connectivity index (χ1v) is 12.1. The number of fused-ring (bicyclic) bond motifs is 1. The van der Waals surface area contributed by atoms with E-state index in [1.54, 1.807) is 6.20 Å². The Morgan fingerprint density at radius 1 is 0.889 bits per heavy atom. The van der Waals surface area contributed by atoms with Crippen molar-refractivity contribution in [1.82, 2.24) is 25.2 Å². The fraction of sp³-hybridized carbons (Fsp3) is 0.250. The van der Waals surface area contributed by atoms with E-state index in [2.05, 4.69) is 15.2 Å². The smallest absolute Gasteiger partial charge is 0.245 e. The van der Waals surface area contributed by atoms with Crippen LogP contribution in [-0.4, -0.2) is 63.9 Å². The summed E-state index contributed by atoms with van der Waals surface area (Å²) in [6.45, 7) is 3.80. The maximum atomic E-state index is 13.4. The van der Waals surface area contributed by atoms with Crippen LogP contribution in [0.2, 0.25) is 0 Å². The van der Waals surface area contributed by atoms with E-state index in [1.807, 2.05) is 77.7 Å². The van der Waals surface area contributed by atoms with Gasteiger partial charge in [0.05, 0.1) is 5.52 Å². The zero-order valence-corrected chi connectivity index (χ0v) is 20.2. The number of hydrogen-bond acceptors (Lipinski definition) is 6. The first kappa shape index (κ1) is 23.4. The van der Waals surface area contributed by atoms with Crippen molar-refractivity contribution in [2.75, 3.05) is 31.1 Å². The van der Waals surface area contributed by atoms with E-state index in [-0.39, 0.29) is 11.8 Å². The predicted molar refractivity (Wildman–Crippen MR) is 139 cm³/mol. The number of nitrogens with zero attached hydrogens (tertiary/aromatic N) is 5. The summed E-state index contributed by atoms with van der Waals surface area (Å²) in [4.78, 5) is 43.3. The maximum absolute atomic E-state index is 13.4. The van der Waals surface area contributed by atoms with Crippen LogP contribution in [0.4, 0.5) is 5.82 Å². The summed E-state index contributed by atoms with van der Waals surface area (Å²) in [5, 5.41) is 3.82. The molecule has 1 atom stereocenters. The van der Waals surface area contributed by atoms with Gasteiger partial charge >= 0.3 is 0 Å². The second-order valence-electron chi connectivity index (χ2n) is 8.86. The number of rotatable bonds is 6. The number of benzene rings is 2. The second-order valence-corrected chi connectivity index (χ2v) is 8.86. The third-order valence-electron chi connectivity index (χ3n) is 6.33. The Balaban J connectivity index is 1.35. The van der Waals surface area contributed by atoms with E-state index in [9.17, 15) is 9.59 Å². The molecule has 2 amide bonds. The highest BCUT2D eigenvalue weighted by Gasteiger charge is 2.29. The molecule has 1 unspecified atom stereocenters. The van der Waals surface area contributed by atoms with Gasteiger partial charge in [-0.3, -0.25) is 14.6 Å². The number of piperazine rings is 1. The molecule has 3 heterocycles. The van der Waals surface area contributed by atoms with Crippen molar-refractivity contribution in [3.63, 3.8) is 0 Å². The third-order valence-corrected chi connectivity index (χ3v) is 6.33. The standard InChI is InChI=1S/C28H28N6O2/c1-20(35)30-25(19-21-9-3-2-4-10-21)28(36)34-17-15-33(16-18-34)27-22-11-5-6-12-23(22)31-26(32-27)24-13-7-8-14-29-24/h2-14,25H,15-19H2,1H3,(H,30,35). The van der Waals surface area contributed by atoms with Gasteiger partial charge in [-0.1, -0.05) is 48.5 Å². The molecule has 1 aliphatic heterocycles. The minimum absolute atomic E-state index is 0.0598. The lowest BCUT2D eigenvalue weighted by molar-refractivity contribution is -0.136. The summed E-state index contributed by atoms with van der Waals surface area (Å²) in [6, 6.07) is 22.8. The molecule has 2 aromatic carbocycles.